The van der Waals surface area contributed by atoms with E-state index in [2.05, 4.69) is 15.7 Å². The summed E-state index contributed by atoms with van der Waals surface area (Å²) in [5, 5.41) is 10.0. The topological polar surface area (TPSA) is 99.6 Å². The monoisotopic (exact) mass is 402 g/mol. The van der Waals surface area contributed by atoms with Crippen molar-refractivity contribution in [1.82, 2.24) is 30.2 Å². The number of carbonyl (C=O) groups excluding carboxylic acids is 3. The van der Waals surface area contributed by atoms with Gasteiger partial charge in [-0.05, 0) is 43.6 Å². The Balaban J connectivity index is 1.23. The van der Waals surface area contributed by atoms with E-state index >= 15 is 0 Å². The van der Waals surface area contributed by atoms with Crippen molar-refractivity contribution in [2.75, 3.05) is 32.7 Å². The first-order chi connectivity index (χ1) is 14.0. The van der Waals surface area contributed by atoms with Crippen molar-refractivity contribution in [1.29, 1.82) is 0 Å². The lowest BCUT2D eigenvalue weighted by Crippen LogP contribution is -2.51. The molecule has 1 unspecified atom stereocenters. The molecule has 9 nitrogen and oxygen atoms in total. The molecule has 4 amide bonds. The third-order valence-electron chi connectivity index (χ3n) is 6.17. The van der Waals surface area contributed by atoms with Gasteiger partial charge in [0.25, 0.3) is 0 Å². The molecule has 0 radical (unpaired) electrons. The summed E-state index contributed by atoms with van der Waals surface area (Å²) in [7, 11) is 1.89. The smallest absolute Gasteiger partial charge is 0.317 e. The van der Waals surface area contributed by atoms with Gasteiger partial charge in [-0.25, -0.2) is 4.79 Å². The van der Waals surface area contributed by atoms with Crippen LogP contribution in [0.3, 0.4) is 0 Å². The van der Waals surface area contributed by atoms with Gasteiger partial charge >= 0.3 is 6.03 Å². The fraction of sp³-hybridized carbons (Fsp3) is 0.700. The number of nitrogens with zero attached hydrogens (tertiary/aromatic N) is 4. The molecule has 3 heterocycles. The zero-order chi connectivity index (χ0) is 20.4. The summed E-state index contributed by atoms with van der Waals surface area (Å²) in [5.74, 6) is 0.482. The maximum absolute atomic E-state index is 12.9. The van der Waals surface area contributed by atoms with Crippen LogP contribution >= 0.6 is 0 Å². The van der Waals surface area contributed by atoms with Crippen molar-refractivity contribution >= 4 is 17.8 Å². The van der Waals surface area contributed by atoms with Gasteiger partial charge in [-0.15, -0.1) is 0 Å². The molecule has 1 aromatic heterocycles. The predicted octanol–water partition coefficient (Wildman–Crippen LogP) is 0.436. The molecule has 0 spiro atoms. The van der Waals surface area contributed by atoms with E-state index in [1.807, 2.05) is 24.3 Å². The molecular formula is C20H30N6O3. The van der Waals surface area contributed by atoms with Crippen LogP contribution in [0.1, 0.15) is 43.6 Å². The van der Waals surface area contributed by atoms with E-state index in [4.69, 9.17) is 0 Å². The largest absolute Gasteiger partial charge is 0.352 e. The van der Waals surface area contributed by atoms with E-state index in [1.165, 1.54) is 0 Å². The molecule has 158 valence electrons. The second kappa shape index (κ2) is 8.42. The number of hydrogen-bond acceptors (Lipinski definition) is 4. The number of aromatic nitrogens is 2. The lowest BCUT2D eigenvalue weighted by molar-refractivity contribution is -0.132. The highest BCUT2D eigenvalue weighted by Gasteiger charge is 2.46. The van der Waals surface area contributed by atoms with Gasteiger partial charge in [0.2, 0.25) is 11.8 Å². The lowest BCUT2D eigenvalue weighted by atomic mass is 10.1. The summed E-state index contributed by atoms with van der Waals surface area (Å²) in [6.45, 7) is 2.80. The second-order valence-corrected chi connectivity index (χ2v) is 8.42. The number of likely N-dealkylation sites (tertiary alicyclic amines) is 1. The standard InChI is InChI=1S/C20H30N6O3/c1-24-12-14(11-22-24)16-10-17(16)19(28)25-7-2-4-15(5-9-25)23-18(27)13-26-8-3-6-21-20(26)29/h11-12,15-17H,2-10,13H2,1H3,(H,21,29)(H,23,27)/t15?,16-,17+/m0/s1. The van der Waals surface area contributed by atoms with Gasteiger partial charge in [0.05, 0.1) is 6.20 Å². The van der Waals surface area contributed by atoms with Crippen LogP contribution < -0.4 is 10.6 Å². The van der Waals surface area contributed by atoms with Gasteiger partial charge in [0, 0.05) is 51.4 Å². The molecule has 3 fully saturated rings. The van der Waals surface area contributed by atoms with Crippen LogP contribution in [0.15, 0.2) is 12.4 Å². The van der Waals surface area contributed by atoms with Gasteiger partial charge in [-0.2, -0.15) is 5.10 Å². The molecule has 1 aromatic rings. The lowest BCUT2D eigenvalue weighted by Gasteiger charge is -2.27. The highest BCUT2D eigenvalue weighted by molar-refractivity contribution is 5.84. The number of aryl methyl sites for hydroxylation is 1. The summed E-state index contributed by atoms with van der Waals surface area (Å²) in [4.78, 5) is 40.5. The maximum Gasteiger partial charge on any atom is 0.317 e. The Hall–Kier alpha value is -2.58. The van der Waals surface area contributed by atoms with E-state index in [0.29, 0.717) is 25.6 Å². The van der Waals surface area contributed by atoms with Crippen molar-refractivity contribution in [2.24, 2.45) is 13.0 Å². The van der Waals surface area contributed by atoms with E-state index in [9.17, 15) is 14.4 Å². The van der Waals surface area contributed by atoms with Crippen LogP contribution in [0.25, 0.3) is 0 Å². The minimum absolute atomic E-state index is 0.0569. The molecule has 0 aromatic carbocycles. The number of amides is 4. The number of hydrogen-bond donors (Lipinski definition) is 2. The normalized spacial score (nSPS) is 27.2. The Kier molecular flexibility index (Phi) is 5.73. The van der Waals surface area contributed by atoms with Gasteiger partial charge in [-0.3, -0.25) is 14.3 Å². The molecule has 3 atom stereocenters. The molecule has 9 heteroatoms. The van der Waals surface area contributed by atoms with Crippen molar-refractivity contribution < 1.29 is 14.4 Å². The quantitative estimate of drug-likeness (QED) is 0.746. The van der Waals surface area contributed by atoms with Crippen LogP contribution in [0.4, 0.5) is 4.79 Å². The summed E-state index contributed by atoms with van der Waals surface area (Å²) in [5.41, 5.74) is 1.15. The third kappa shape index (κ3) is 4.71. The molecule has 4 rings (SSSR count). The van der Waals surface area contributed by atoms with Crippen LogP contribution in [0, 0.1) is 5.92 Å². The average molecular weight is 402 g/mol. The fourth-order valence-corrected chi connectivity index (χ4v) is 4.44. The van der Waals surface area contributed by atoms with Gasteiger partial charge in [0.1, 0.15) is 6.54 Å². The first kappa shape index (κ1) is 19.7. The second-order valence-electron chi connectivity index (χ2n) is 8.42. The molecule has 3 aliphatic rings. The number of urea groups is 1. The molecule has 1 aliphatic carbocycles. The minimum atomic E-state index is -0.170. The number of carbonyl (C=O) groups is 3. The summed E-state index contributed by atoms with van der Waals surface area (Å²) in [6.07, 6.45) is 8.11. The summed E-state index contributed by atoms with van der Waals surface area (Å²) < 4.78 is 1.78. The zero-order valence-corrected chi connectivity index (χ0v) is 17.0. The molecule has 2 aliphatic heterocycles. The Morgan fingerprint density at radius 2 is 2.10 bits per heavy atom. The first-order valence-corrected chi connectivity index (χ1v) is 10.6. The predicted molar refractivity (Wildman–Crippen MR) is 106 cm³/mol. The van der Waals surface area contributed by atoms with Crippen LogP contribution in [0.2, 0.25) is 0 Å². The highest BCUT2D eigenvalue weighted by atomic mass is 16.2. The molecule has 1 saturated carbocycles. The van der Waals surface area contributed by atoms with E-state index in [0.717, 1.165) is 44.2 Å². The minimum Gasteiger partial charge on any atom is -0.352 e. The Bertz CT molecular complexity index is 778. The van der Waals surface area contributed by atoms with E-state index in [1.54, 1.807) is 9.58 Å². The number of rotatable bonds is 5. The molecule has 2 saturated heterocycles. The first-order valence-electron chi connectivity index (χ1n) is 10.6. The molecule has 2 N–H and O–H groups in total. The van der Waals surface area contributed by atoms with Crippen LogP contribution in [-0.4, -0.2) is 76.2 Å². The Morgan fingerprint density at radius 3 is 2.86 bits per heavy atom. The molecular weight excluding hydrogens is 372 g/mol. The maximum atomic E-state index is 12.9. The van der Waals surface area contributed by atoms with Crippen molar-refractivity contribution in [2.45, 2.75) is 44.1 Å². The van der Waals surface area contributed by atoms with Crippen LogP contribution in [-0.2, 0) is 16.6 Å². The average Bonchev–Trinajstić information content (AvgIpc) is 3.43. The zero-order valence-electron chi connectivity index (χ0n) is 17.0. The van der Waals surface area contributed by atoms with Crippen molar-refractivity contribution in [3.05, 3.63) is 18.0 Å². The van der Waals surface area contributed by atoms with Crippen molar-refractivity contribution in [3.8, 4) is 0 Å². The SMILES string of the molecule is Cn1cc([C@@H]2C[C@H]2C(=O)N2CCCC(NC(=O)CN3CCCNC3=O)CC2)cn1. The molecule has 0 bridgehead atoms. The number of nitrogens with one attached hydrogen (secondary N) is 2. The highest BCUT2D eigenvalue weighted by Crippen LogP contribution is 2.48. The molecule has 29 heavy (non-hydrogen) atoms. The van der Waals surface area contributed by atoms with E-state index in [-0.39, 0.29) is 36.3 Å². The summed E-state index contributed by atoms with van der Waals surface area (Å²) in [6, 6.07) is -0.113. The van der Waals surface area contributed by atoms with Crippen LogP contribution in [0.5, 0.6) is 0 Å². The Labute approximate surface area is 170 Å². The van der Waals surface area contributed by atoms with Crippen molar-refractivity contribution in [3.63, 3.8) is 0 Å². The van der Waals surface area contributed by atoms with Gasteiger partial charge in [0.15, 0.2) is 0 Å². The fourth-order valence-electron chi connectivity index (χ4n) is 4.44. The van der Waals surface area contributed by atoms with Gasteiger partial charge < -0.3 is 20.4 Å². The van der Waals surface area contributed by atoms with E-state index < -0.39 is 0 Å². The summed E-state index contributed by atoms with van der Waals surface area (Å²) >= 11 is 0. The van der Waals surface area contributed by atoms with Gasteiger partial charge in [-0.1, -0.05) is 0 Å². The third-order valence-corrected chi connectivity index (χ3v) is 6.17. The Morgan fingerprint density at radius 1 is 1.24 bits per heavy atom.